The van der Waals surface area contributed by atoms with Gasteiger partial charge in [0.15, 0.2) is 5.84 Å². The van der Waals surface area contributed by atoms with Crippen molar-refractivity contribution in [2.24, 2.45) is 10.9 Å². The minimum atomic E-state index is -0.295. The van der Waals surface area contributed by atoms with Crippen molar-refractivity contribution < 1.29 is 5.21 Å². The highest BCUT2D eigenvalue weighted by Gasteiger charge is 2.12. The van der Waals surface area contributed by atoms with Crippen LogP contribution in [0.2, 0.25) is 5.02 Å². The molecule has 1 aromatic heterocycles. The molecule has 0 bridgehead atoms. The molecule has 1 atom stereocenters. The molecule has 0 aromatic carbocycles. The van der Waals surface area contributed by atoms with Gasteiger partial charge in [0, 0.05) is 6.20 Å². The van der Waals surface area contributed by atoms with Crippen molar-refractivity contribution in [1.82, 2.24) is 9.78 Å². The molecular weight excluding hydrogens is 192 g/mol. The van der Waals surface area contributed by atoms with Crippen LogP contribution in [0.4, 0.5) is 0 Å². The van der Waals surface area contributed by atoms with Crippen molar-refractivity contribution in [2.75, 3.05) is 0 Å². The largest absolute Gasteiger partial charge is 0.409 e. The molecule has 1 aromatic rings. The number of hydrogen-bond donors (Lipinski definition) is 2. The Kier molecular flexibility index (Phi) is 2.77. The average Bonchev–Trinajstić information content (AvgIpc) is 2.44. The fourth-order valence-corrected chi connectivity index (χ4v) is 1.01. The van der Waals surface area contributed by atoms with Crippen molar-refractivity contribution >= 4 is 17.4 Å². The summed E-state index contributed by atoms with van der Waals surface area (Å²) in [6, 6.07) is -0.295. The molecule has 0 saturated heterocycles. The molecule has 72 valence electrons. The number of oxime groups is 1. The second-order valence-corrected chi connectivity index (χ2v) is 3.15. The molecular formula is C7H11ClN4O. The van der Waals surface area contributed by atoms with Gasteiger partial charge in [0.2, 0.25) is 0 Å². The van der Waals surface area contributed by atoms with Crippen molar-refractivity contribution in [1.29, 1.82) is 0 Å². The maximum atomic E-state index is 8.43. The standard InChI is InChI=1S/C7H11ClN4O/c1-4-6(8)3-12(10-4)5(2)7(9)11-13/h3,5,13H,1-2H3,(H2,9,11). The van der Waals surface area contributed by atoms with Crippen molar-refractivity contribution in [2.45, 2.75) is 19.9 Å². The van der Waals surface area contributed by atoms with E-state index in [-0.39, 0.29) is 11.9 Å². The highest BCUT2D eigenvalue weighted by atomic mass is 35.5. The van der Waals surface area contributed by atoms with E-state index in [4.69, 9.17) is 22.5 Å². The lowest BCUT2D eigenvalue weighted by molar-refractivity contribution is 0.313. The zero-order chi connectivity index (χ0) is 10.0. The SMILES string of the molecule is Cc1nn(C(C)C(N)=NO)cc1Cl. The maximum absolute atomic E-state index is 8.43. The normalized spacial score (nSPS) is 14.5. The first kappa shape index (κ1) is 9.85. The van der Waals surface area contributed by atoms with E-state index in [0.717, 1.165) is 5.69 Å². The Morgan fingerprint density at radius 3 is 2.85 bits per heavy atom. The third-order valence-electron chi connectivity index (χ3n) is 1.80. The van der Waals surface area contributed by atoms with Gasteiger partial charge in [-0.25, -0.2) is 0 Å². The Balaban J connectivity index is 2.95. The number of rotatable bonds is 2. The maximum Gasteiger partial charge on any atom is 0.163 e. The van der Waals surface area contributed by atoms with Crippen LogP contribution in [0.1, 0.15) is 18.7 Å². The van der Waals surface area contributed by atoms with Crippen LogP contribution in [0.25, 0.3) is 0 Å². The van der Waals surface area contributed by atoms with Crippen molar-refractivity contribution in [3.8, 4) is 0 Å². The van der Waals surface area contributed by atoms with Crippen LogP contribution in [-0.2, 0) is 0 Å². The molecule has 0 spiro atoms. The van der Waals surface area contributed by atoms with Gasteiger partial charge in [0.05, 0.1) is 10.7 Å². The van der Waals surface area contributed by atoms with Gasteiger partial charge in [-0.1, -0.05) is 16.8 Å². The van der Waals surface area contributed by atoms with Gasteiger partial charge in [0.1, 0.15) is 6.04 Å². The molecule has 3 N–H and O–H groups in total. The van der Waals surface area contributed by atoms with E-state index in [1.807, 2.05) is 0 Å². The first-order valence-corrected chi connectivity index (χ1v) is 4.12. The zero-order valence-corrected chi connectivity index (χ0v) is 8.15. The summed E-state index contributed by atoms with van der Waals surface area (Å²) in [6.07, 6.45) is 1.64. The Morgan fingerprint density at radius 2 is 2.46 bits per heavy atom. The summed E-state index contributed by atoms with van der Waals surface area (Å²) in [6.45, 7) is 3.55. The number of nitrogens with zero attached hydrogens (tertiary/aromatic N) is 3. The zero-order valence-electron chi connectivity index (χ0n) is 7.40. The monoisotopic (exact) mass is 202 g/mol. The lowest BCUT2D eigenvalue weighted by atomic mass is 10.3. The van der Waals surface area contributed by atoms with E-state index >= 15 is 0 Å². The molecule has 0 aliphatic carbocycles. The molecule has 1 rings (SSSR count). The Hall–Kier alpha value is -1.23. The second kappa shape index (κ2) is 3.66. The summed E-state index contributed by atoms with van der Waals surface area (Å²) in [7, 11) is 0. The molecule has 6 heteroatoms. The number of nitrogens with two attached hydrogens (primary N) is 1. The molecule has 0 saturated carbocycles. The van der Waals surface area contributed by atoms with E-state index in [2.05, 4.69) is 10.3 Å². The number of aromatic nitrogens is 2. The topological polar surface area (TPSA) is 76.4 Å². The molecule has 0 amide bonds. The first-order chi connectivity index (χ1) is 6.06. The Labute approximate surface area is 80.8 Å². The highest BCUT2D eigenvalue weighted by molar-refractivity contribution is 6.31. The molecule has 13 heavy (non-hydrogen) atoms. The van der Waals surface area contributed by atoms with E-state index in [1.165, 1.54) is 0 Å². The summed E-state index contributed by atoms with van der Waals surface area (Å²) in [4.78, 5) is 0. The number of aryl methyl sites for hydroxylation is 1. The van der Waals surface area contributed by atoms with E-state index < -0.39 is 0 Å². The second-order valence-electron chi connectivity index (χ2n) is 2.74. The lowest BCUT2D eigenvalue weighted by Gasteiger charge is -2.08. The molecule has 5 nitrogen and oxygen atoms in total. The third-order valence-corrected chi connectivity index (χ3v) is 2.17. The minimum Gasteiger partial charge on any atom is -0.409 e. The van der Waals surface area contributed by atoms with Gasteiger partial charge >= 0.3 is 0 Å². The van der Waals surface area contributed by atoms with Gasteiger partial charge in [-0.15, -0.1) is 0 Å². The molecule has 0 aliphatic rings. The number of amidine groups is 1. The summed E-state index contributed by atoms with van der Waals surface area (Å²) >= 11 is 5.79. The fourth-order valence-electron chi connectivity index (χ4n) is 0.877. The highest BCUT2D eigenvalue weighted by Crippen LogP contribution is 2.15. The van der Waals surface area contributed by atoms with Gasteiger partial charge in [-0.05, 0) is 13.8 Å². The lowest BCUT2D eigenvalue weighted by Crippen LogP contribution is -2.24. The van der Waals surface area contributed by atoms with Crippen LogP contribution < -0.4 is 5.73 Å². The minimum absolute atomic E-state index is 0.0965. The van der Waals surface area contributed by atoms with Gasteiger partial charge in [-0.2, -0.15) is 5.10 Å². The predicted octanol–water partition coefficient (Wildman–Crippen LogP) is 1.15. The molecule has 0 fully saturated rings. The van der Waals surface area contributed by atoms with Gasteiger partial charge < -0.3 is 10.9 Å². The van der Waals surface area contributed by atoms with Gasteiger partial charge in [0.25, 0.3) is 0 Å². The van der Waals surface area contributed by atoms with Crippen LogP contribution in [0.15, 0.2) is 11.4 Å². The number of hydrogen-bond acceptors (Lipinski definition) is 3. The van der Waals surface area contributed by atoms with E-state index in [9.17, 15) is 0 Å². The third kappa shape index (κ3) is 1.92. The van der Waals surface area contributed by atoms with Gasteiger partial charge in [-0.3, -0.25) is 4.68 Å². The predicted molar refractivity (Wildman–Crippen MR) is 50.1 cm³/mol. The first-order valence-electron chi connectivity index (χ1n) is 3.75. The summed E-state index contributed by atoms with van der Waals surface area (Å²) < 4.78 is 1.55. The Morgan fingerprint density at radius 1 is 1.85 bits per heavy atom. The van der Waals surface area contributed by atoms with Crippen LogP contribution in [0, 0.1) is 6.92 Å². The summed E-state index contributed by atoms with van der Waals surface area (Å²) in [5, 5.41) is 16.0. The van der Waals surface area contributed by atoms with E-state index in [1.54, 1.807) is 24.7 Å². The molecule has 0 radical (unpaired) electrons. The Bertz CT molecular complexity index is 314. The van der Waals surface area contributed by atoms with Crippen LogP contribution in [-0.4, -0.2) is 20.8 Å². The number of halogens is 1. The molecule has 0 aliphatic heterocycles. The summed E-state index contributed by atoms with van der Waals surface area (Å²) in [5.41, 5.74) is 6.13. The quantitative estimate of drug-likeness (QED) is 0.327. The van der Waals surface area contributed by atoms with Crippen LogP contribution in [0.5, 0.6) is 0 Å². The van der Waals surface area contributed by atoms with Crippen molar-refractivity contribution in [3.05, 3.63) is 16.9 Å². The van der Waals surface area contributed by atoms with Crippen LogP contribution >= 0.6 is 11.6 Å². The van der Waals surface area contributed by atoms with Crippen molar-refractivity contribution in [3.63, 3.8) is 0 Å². The average molecular weight is 203 g/mol. The van der Waals surface area contributed by atoms with Crippen LogP contribution in [0.3, 0.4) is 0 Å². The summed E-state index contributed by atoms with van der Waals surface area (Å²) in [5.74, 6) is 0.0965. The smallest absolute Gasteiger partial charge is 0.163 e. The fraction of sp³-hybridized carbons (Fsp3) is 0.429. The molecule has 1 heterocycles. The van der Waals surface area contributed by atoms with E-state index in [0.29, 0.717) is 5.02 Å². The molecule has 1 unspecified atom stereocenters.